The van der Waals surface area contributed by atoms with Crippen molar-refractivity contribution in [2.75, 3.05) is 5.32 Å². The Labute approximate surface area is 199 Å². The third-order valence-electron chi connectivity index (χ3n) is 5.26. The van der Waals surface area contributed by atoms with E-state index in [4.69, 9.17) is 0 Å². The molecule has 3 aromatic carbocycles. The summed E-state index contributed by atoms with van der Waals surface area (Å²) in [5, 5.41) is 43.8. The molecule has 0 saturated heterocycles. The SMILES string of the molecule is CC=Cc1ccc(CNC(=O)c2ccccc2Nc2ccc([N+](=O)[O-])c3nonc23)cc1B(O)O. The molecule has 12 heteroatoms. The number of anilines is 2. The van der Waals surface area contributed by atoms with E-state index in [9.17, 15) is 25.0 Å². The van der Waals surface area contributed by atoms with Gasteiger partial charge in [-0.3, -0.25) is 14.9 Å². The van der Waals surface area contributed by atoms with Gasteiger partial charge in [-0.2, -0.15) is 0 Å². The molecule has 0 aliphatic rings. The van der Waals surface area contributed by atoms with Crippen LogP contribution in [0, 0.1) is 10.1 Å². The van der Waals surface area contributed by atoms with Crippen LogP contribution in [0.15, 0.2) is 65.3 Å². The Balaban J connectivity index is 1.55. The molecule has 0 bridgehead atoms. The Morgan fingerprint density at radius 2 is 1.89 bits per heavy atom. The molecule has 1 amide bonds. The van der Waals surface area contributed by atoms with E-state index in [2.05, 4.69) is 25.6 Å². The van der Waals surface area contributed by atoms with Crippen molar-refractivity contribution in [2.45, 2.75) is 13.5 Å². The number of nitrogens with one attached hydrogen (secondary N) is 2. The second-order valence-electron chi connectivity index (χ2n) is 7.54. The average Bonchev–Trinajstić information content (AvgIpc) is 3.34. The van der Waals surface area contributed by atoms with E-state index in [0.29, 0.717) is 33.5 Å². The highest BCUT2D eigenvalue weighted by atomic mass is 16.6. The number of nitro groups is 1. The number of non-ortho nitro benzene ring substituents is 1. The summed E-state index contributed by atoms with van der Waals surface area (Å²) < 4.78 is 4.69. The molecule has 0 aliphatic carbocycles. The summed E-state index contributed by atoms with van der Waals surface area (Å²) in [7, 11) is -1.65. The van der Waals surface area contributed by atoms with Gasteiger partial charge in [-0.15, -0.1) is 0 Å². The number of aromatic nitrogens is 2. The molecular weight excluding hydrogens is 453 g/mol. The fraction of sp³-hybridized carbons (Fsp3) is 0.0870. The minimum absolute atomic E-state index is 0.00910. The first-order valence-corrected chi connectivity index (χ1v) is 10.5. The van der Waals surface area contributed by atoms with Crippen LogP contribution in [0.4, 0.5) is 17.1 Å². The van der Waals surface area contributed by atoms with Gasteiger partial charge in [0.1, 0.15) is 0 Å². The van der Waals surface area contributed by atoms with E-state index < -0.39 is 12.0 Å². The highest BCUT2D eigenvalue weighted by molar-refractivity contribution is 6.59. The number of rotatable bonds is 8. The highest BCUT2D eigenvalue weighted by Crippen LogP contribution is 2.31. The van der Waals surface area contributed by atoms with Crippen LogP contribution in [0.1, 0.15) is 28.4 Å². The molecule has 0 aliphatic heterocycles. The molecule has 4 aromatic rings. The summed E-state index contributed by atoms with van der Waals surface area (Å²) >= 11 is 0. The molecule has 4 N–H and O–H groups in total. The summed E-state index contributed by atoms with van der Waals surface area (Å²) in [6, 6.07) is 14.6. The lowest BCUT2D eigenvalue weighted by Crippen LogP contribution is -2.33. The number of allylic oxidation sites excluding steroid dienone is 1. The largest absolute Gasteiger partial charge is 0.489 e. The Hall–Kier alpha value is -4.55. The van der Waals surface area contributed by atoms with Gasteiger partial charge in [-0.25, -0.2) is 4.63 Å². The van der Waals surface area contributed by atoms with Gasteiger partial charge in [0.2, 0.25) is 5.52 Å². The van der Waals surface area contributed by atoms with Crippen LogP contribution in [-0.4, -0.2) is 38.3 Å². The number of carbonyl (C=O) groups is 1. The number of nitro benzene ring substituents is 1. The van der Waals surface area contributed by atoms with Crippen LogP contribution in [0.5, 0.6) is 0 Å². The molecule has 4 rings (SSSR count). The number of amides is 1. The molecule has 176 valence electrons. The van der Waals surface area contributed by atoms with Crippen LogP contribution in [0.2, 0.25) is 0 Å². The number of hydrogen-bond acceptors (Lipinski definition) is 9. The summed E-state index contributed by atoms with van der Waals surface area (Å²) in [6.45, 7) is 1.98. The Bertz CT molecular complexity index is 1440. The van der Waals surface area contributed by atoms with Gasteiger partial charge in [0.15, 0.2) is 5.52 Å². The number of para-hydroxylation sites is 1. The number of benzene rings is 3. The molecule has 0 unspecified atom stereocenters. The fourth-order valence-electron chi connectivity index (χ4n) is 3.60. The van der Waals surface area contributed by atoms with Crippen LogP contribution in [0.3, 0.4) is 0 Å². The van der Waals surface area contributed by atoms with Gasteiger partial charge in [0.25, 0.3) is 5.91 Å². The van der Waals surface area contributed by atoms with Gasteiger partial charge in [0.05, 0.1) is 21.9 Å². The Kier molecular flexibility index (Phi) is 6.85. The number of hydrogen-bond donors (Lipinski definition) is 4. The highest BCUT2D eigenvalue weighted by Gasteiger charge is 2.21. The zero-order valence-corrected chi connectivity index (χ0v) is 18.5. The lowest BCUT2D eigenvalue weighted by Gasteiger charge is -2.13. The molecule has 11 nitrogen and oxygen atoms in total. The monoisotopic (exact) mass is 473 g/mol. The van der Waals surface area contributed by atoms with Gasteiger partial charge in [-0.1, -0.05) is 42.5 Å². The fourth-order valence-corrected chi connectivity index (χ4v) is 3.60. The zero-order chi connectivity index (χ0) is 24.9. The van der Waals surface area contributed by atoms with Gasteiger partial charge in [-0.05, 0) is 52.0 Å². The van der Waals surface area contributed by atoms with Crippen molar-refractivity contribution < 1.29 is 24.4 Å². The van der Waals surface area contributed by atoms with Crippen molar-refractivity contribution >= 4 is 52.7 Å². The second-order valence-corrected chi connectivity index (χ2v) is 7.54. The number of carbonyl (C=O) groups excluding carboxylic acids is 1. The van der Waals surface area contributed by atoms with Crippen LogP contribution < -0.4 is 16.1 Å². The first-order chi connectivity index (χ1) is 16.9. The normalized spacial score (nSPS) is 11.1. The predicted molar refractivity (Wildman–Crippen MR) is 130 cm³/mol. The van der Waals surface area contributed by atoms with Crippen molar-refractivity contribution in [1.82, 2.24) is 15.6 Å². The van der Waals surface area contributed by atoms with Gasteiger partial charge in [0, 0.05) is 12.6 Å². The van der Waals surface area contributed by atoms with E-state index in [1.165, 1.54) is 12.1 Å². The minimum atomic E-state index is -1.65. The number of fused-ring (bicyclic) bond motifs is 1. The molecule has 1 heterocycles. The summed E-state index contributed by atoms with van der Waals surface area (Å²) in [4.78, 5) is 23.6. The van der Waals surface area contributed by atoms with Crippen LogP contribution in [-0.2, 0) is 6.54 Å². The minimum Gasteiger partial charge on any atom is -0.423 e. The van der Waals surface area contributed by atoms with Crippen molar-refractivity contribution in [3.05, 3.63) is 87.5 Å². The van der Waals surface area contributed by atoms with E-state index in [0.717, 1.165) is 0 Å². The van der Waals surface area contributed by atoms with Crippen molar-refractivity contribution in [1.29, 1.82) is 0 Å². The average molecular weight is 473 g/mol. The van der Waals surface area contributed by atoms with Crippen LogP contribution >= 0.6 is 0 Å². The maximum Gasteiger partial charge on any atom is 0.489 e. The molecular formula is C23H20BN5O6. The third kappa shape index (κ3) is 5.03. The first kappa shape index (κ1) is 23.6. The van der Waals surface area contributed by atoms with Gasteiger partial charge < -0.3 is 20.7 Å². The van der Waals surface area contributed by atoms with Gasteiger partial charge >= 0.3 is 12.8 Å². The summed E-state index contributed by atoms with van der Waals surface area (Å²) in [6.07, 6.45) is 3.55. The maximum atomic E-state index is 13.0. The predicted octanol–water partition coefficient (Wildman–Crippen LogP) is 2.52. The van der Waals surface area contributed by atoms with E-state index >= 15 is 0 Å². The van der Waals surface area contributed by atoms with Crippen LogP contribution in [0.25, 0.3) is 17.1 Å². The lowest BCUT2D eigenvalue weighted by atomic mass is 9.76. The molecule has 1 aromatic heterocycles. The van der Waals surface area contributed by atoms with E-state index in [1.807, 2.05) is 6.92 Å². The van der Waals surface area contributed by atoms with Crippen molar-refractivity contribution in [3.8, 4) is 0 Å². The molecule has 0 radical (unpaired) electrons. The van der Waals surface area contributed by atoms with Crippen molar-refractivity contribution in [3.63, 3.8) is 0 Å². The summed E-state index contributed by atoms with van der Waals surface area (Å²) in [5.41, 5.74) is 2.74. The van der Waals surface area contributed by atoms with E-state index in [-0.39, 0.29) is 29.2 Å². The third-order valence-corrected chi connectivity index (χ3v) is 5.26. The van der Waals surface area contributed by atoms with E-state index in [1.54, 1.807) is 54.6 Å². The molecule has 35 heavy (non-hydrogen) atoms. The quantitative estimate of drug-likeness (QED) is 0.171. The summed E-state index contributed by atoms with van der Waals surface area (Å²) in [5.74, 6) is -0.381. The molecule has 0 saturated carbocycles. The maximum absolute atomic E-state index is 13.0. The number of nitrogens with zero attached hydrogens (tertiary/aromatic N) is 3. The second kappa shape index (κ2) is 10.2. The lowest BCUT2D eigenvalue weighted by molar-refractivity contribution is -0.383. The molecule has 0 fully saturated rings. The zero-order valence-electron chi connectivity index (χ0n) is 18.5. The smallest absolute Gasteiger partial charge is 0.423 e. The Morgan fingerprint density at radius 1 is 1.11 bits per heavy atom. The Morgan fingerprint density at radius 3 is 2.63 bits per heavy atom. The molecule has 0 spiro atoms. The molecule has 0 atom stereocenters. The topological polar surface area (TPSA) is 164 Å². The first-order valence-electron chi connectivity index (χ1n) is 10.5. The standard InChI is InChI=1S/C23H20BN5O6/c1-2-5-15-9-8-14(12-17(15)24(31)32)13-25-23(30)16-6-3-4-7-18(16)26-19-10-11-20(29(33)34)22-21(19)27-35-28-22/h2-12,26,31-32H,13H2,1H3,(H,25,30). The van der Waals surface area contributed by atoms with Crippen molar-refractivity contribution in [2.24, 2.45) is 0 Å².